The van der Waals surface area contributed by atoms with Gasteiger partial charge in [0.15, 0.2) is 0 Å². The maximum Gasteiger partial charge on any atom is 0.306 e. The second-order valence-electron chi connectivity index (χ2n) is 6.18. The molecule has 1 saturated heterocycles. The molecule has 6 nitrogen and oxygen atoms in total. The lowest BCUT2D eigenvalue weighted by molar-refractivity contribution is -0.142. The van der Waals surface area contributed by atoms with Gasteiger partial charge in [-0.2, -0.15) is 0 Å². The van der Waals surface area contributed by atoms with Gasteiger partial charge in [-0.3, -0.25) is 14.4 Å². The summed E-state index contributed by atoms with van der Waals surface area (Å²) < 4.78 is 5.70. The zero-order valence-corrected chi connectivity index (χ0v) is 11.8. The molecule has 114 valence electrons. The molecule has 0 bridgehead atoms. The summed E-state index contributed by atoms with van der Waals surface area (Å²) in [6, 6.07) is 6.72. The Kier molecular flexibility index (Phi) is 2.84. The summed E-state index contributed by atoms with van der Waals surface area (Å²) in [4.78, 5) is 37.4. The number of carbonyl (C=O) groups excluding carboxylic acids is 2. The van der Waals surface area contributed by atoms with Gasteiger partial charge in [0.2, 0.25) is 0 Å². The first-order chi connectivity index (χ1) is 10.6. The summed E-state index contributed by atoms with van der Waals surface area (Å²) in [5.74, 6) is -1.87. The lowest BCUT2D eigenvalue weighted by Crippen LogP contribution is -2.43. The molecule has 2 aliphatic heterocycles. The number of amides is 2. The van der Waals surface area contributed by atoms with Crippen LogP contribution in [0.4, 0.5) is 0 Å². The normalized spacial score (nSPS) is 33.2. The minimum Gasteiger partial charge on any atom is -0.481 e. The number of benzene rings is 1. The number of carboxylic acid groups (broad SMARTS) is 1. The van der Waals surface area contributed by atoms with Crippen molar-refractivity contribution in [2.45, 2.75) is 19.1 Å². The monoisotopic (exact) mass is 301 g/mol. The molecular weight excluding hydrogens is 286 g/mol. The van der Waals surface area contributed by atoms with Crippen LogP contribution in [-0.4, -0.2) is 40.6 Å². The maximum atomic E-state index is 12.5. The lowest BCUT2D eigenvalue weighted by Gasteiger charge is -2.26. The van der Waals surface area contributed by atoms with Crippen molar-refractivity contribution < 1.29 is 24.2 Å². The van der Waals surface area contributed by atoms with Gasteiger partial charge in [-0.05, 0) is 30.9 Å². The Labute approximate surface area is 126 Å². The first-order valence-corrected chi connectivity index (χ1v) is 7.39. The zero-order chi connectivity index (χ0) is 15.4. The van der Waals surface area contributed by atoms with Crippen LogP contribution in [0.5, 0.6) is 0 Å². The van der Waals surface area contributed by atoms with Gasteiger partial charge in [-0.1, -0.05) is 12.1 Å². The summed E-state index contributed by atoms with van der Waals surface area (Å²) >= 11 is 0. The Morgan fingerprint density at radius 2 is 1.77 bits per heavy atom. The van der Waals surface area contributed by atoms with Crippen LogP contribution in [0.3, 0.4) is 0 Å². The molecule has 1 aliphatic carbocycles. The number of imide groups is 1. The number of ether oxygens (including phenoxy) is 1. The molecule has 0 aromatic heterocycles. The van der Waals surface area contributed by atoms with Gasteiger partial charge in [0, 0.05) is 5.92 Å². The van der Waals surface area contributed by atoms with Crippen LogP contribution in [0.2, 0.25) is 0 Å². The lowest BCUT2D eigenvalue weighted by atomic mass is 9.97. The van der Waals surface area contributed by atoms with Crippen LogP contribution in [0.1, 0.15) is 33.6 Å². The molecule has 22 heavy (non-hydrogen) atoms. The summed E-state index contributed by atoms with van der Waals surface area (Å²) in [6.07, 6.45) is 0.374. The molecule has 0 spiro atoms. The molecule has 4 unspecified atom stereocenters. The largest absolute Gasteiger partial charge is 0.481 e. The highest BCUT2D eigenvalue weighted by Crippen LogP contribution is 2.46. The van der Waals surface area contributed by atoms with Gasteiger partial charge in [0.05, 0.1) is 23.7 Å². The predicted octanol–water partition coefficient (Wildman–Crippen LogP) is 1.37. The molecule has 2 amide bonds. The highest BCUT2D eigenvalue weighted by Gasteiger charge is 2.53. The second kappa shape index (κ2) is 4.64. The minimum atomic E-state index is -0.810. The zero-order valence-electron chi connectivity index (χ0n) is 11.8. The van der Waals surface area contributed by atoms with E-state index in [2.05, 4.69) is 0 Å². The second-order valence-corrected chi connectivity index (χ2v) is 6.18. The van der Waals surface area contributed by atoms with Crippen molar-refractivity contribution in [2.75, 3.05) is 6.61 Å². The van der Waals surface area contributed by atoms with Crippen molar-refractivity contribution in [2.24, 2.45) is 17.8 Å². The van der Waals surface area contributed by atoms with E-state index in [1.54, 1.807) is 24.3 Å². The van der Waals surface area contributed by atoms with Crippen molar-refractivity contribution in [3.63, 3.8) is 0 Å². The highest BCUT2D eigenvalue weighted by atomic mass is 16.5. The van der Waals surface area contributed by atoms with E-state index >= 15 is 0 Å². The average Bonchev–Trinajstić information content (AvgIpc) is 3.14. The summed E-state index contributed by atoms with van der Waals surface area (Å²) in [6.45, 7) is 0.409. The Morgan fingerprint density at radius 3 is 2.36 bits per heavy atom. The SMILES string of the molecule is O=C(O)C1CC2COC(N3C(=O)c4ccccc4C3=O)C2C1. The van der Waals surface area contributed by atoms with Crippen LogP contribution < -0.4 is 0 Å². The maximum absolute atomic E-state index is 12.5. The molecule has 6 heteroatoms. The Balaban J connectivity index is 1.63. The number of fused-ring (bicyclic) bond motifs is 2. The van der Waals surface area contributed by atoms with E-state index in [0.717, 1.165) is 0 Å². The van der Waals surface area contributed by atoms with Gasteiger partial charge < -0.3 is 9.84 Å². The quantitative estimate of drug-likeness (QED) is 0.834. The molecule has 1 aromatic rings. The van der Waals surface area contributed by atoms with Gasteiger partial charge >= 0.3 is 5.97 Å². The Hall–Kier alpha value is -2.21. The number of rotatable bonds is 2. The first-order valence-electron chi connectivity index (χ1n) is 7.39. The van der Waals surface area contributed by atoms with Crippen LogP contribution >= 0.6 is 0 Å². The first kappa shape index (κ1) is 13.5. The summed E-state index contributed by atoms with van der Waals surface area (Å²) in [7, 11) is 0. The molecule has 3 aliphatic rings. The molecule has 0 radical (unpaired) electrons. The van der Waals surface area contributed by atoms with Crippen molar-refractivity contribution in [1.82, 2.24) is 4.90 Å². The van der Waals surface area contributed by atoms with E-state index in [4.69, 9.17) is 4.74 Å². The number of carboxylic acids is 1. The van der Waals surface area contributed by atoms with Crippen molar-refractivity contribution in [1.29, 1.82) is 0 Å². The van der Waals surface area contributed by atoms with Crippen LogP contribution in [0.15, 0.2) is 24.3 Å². The van der Waals surface area contributed by atoms with Crippen molar-refractivity contribution in [3.8, 4) is 0 Å². The predicted molar refractivity (Wildman–Crippen MR) is 74.0 cm³/mol. The Morgan fingerprint density at radius 1 is 1.14 bits per heavy atom. The smallest absolute Gasteiger partial charge is 0.306 e. The van der Waals surface area contributed by atoms with Gasteiger partial charge in [-0.25, -0.2) is 4.90 Å². The van der Waals surface area contributed by atoms with E-state index in [-0.39, 0.29) is 23.7 Å². The fourth-order valence-electron chi connectivity index (χ4n) is 3.95. The topological polar surface area (TPSA) is 83.9 Å². The molecule has 1 aromatic carbocycles. The van der Waals surface area contributed by atoms with Gasteiger partial charge in [0.25, 0.3) is 11.8 Å². The van der Waals surface area contributed by atoms with Crippen LogP contribution in [0.25, 0.3) is 0 Å². The van der Waals surface area contributed by atoms with E-state index in [1.165, 1.54) is 4.90 Å². The number of carbonyl (C=O) groups is 3. The van der Waals surface area contributed by atoms with Crippen molar-refractivity contribution in [3.05, 3.63) is 35.4 Å². The van der Waals surface area contributed by atoms with Gasteiger partial charge in [0.1, 0.15) is 6.23 Å². The number of hydrogen-bond donors (Lipinski definition) is 1. The fourth-order valence-corrected chi connectivity index (χ4v) is 3.95. The summed E-state index contributed by atoms with van der Waals surface area (Å²) in [5, 5.41) is 9.18. The molecule has 4 atom stereocenters. The number of aliphatic carboxylic acids is 1. The summed E-state index contributed by atoms with van der Waals surface area (Å²) in [5.41, 5.74) is 0.791. The molecule has 2 heterocycles. The van der Waals surface area contributed by atoms with E-state index in [9.17, 15) is 19.5 Å². The molecular formula is C16H15NO5. The third-order valence-electron chi connectivity index (χ3n) is 5.03. The average molecular weight is 301 g/mol. The third kappa shape index (κ3) is 1.73. The third-order valence-corrected chi connectivity index (χ3v) is 5.03. The van der Waals surface area contributed by atoms with E-state index in [1.807, 2.05) is 0 Å². The fraction of sp³-hybridized carbons (Fsp3) is 0.438. The molecule has 1 saturated carbocycles. The van der Waals surface area contributed by atoms with E-state index in [0.29, 0.717) is 30.6 Å². The number of nitrogens with zero attached hydrogens (tertiary/aromatic N) is 1. The molecule has 4 rings (SSSR count). The van der Waals surface area contributed by atoms with Gasteiger partial charge in [-0.15, -0.1) is 0 Å². The van der Waals surface area contributed by atoms with Crippen LogP contribution in [-0.2, 0) is 9.53 Å². The molecule has 2 fully saturated rings. The molecule has 1 N–H and O–H groups in total. The van der Waals surface area contributed by atoms with E-state index < -0.39 is 18.1 Å². The Bertz CT molecular complexity index is 650. The van der Waals surface area contributed by atoms with Crippen LogP contribution in [0, 0.1) is 17.8 Å². The standard InChI is InChI=1S/C16H15NO5/c18-13-10-3-1-2-4-11(10)14(19)17(13)15-12-6-8(16(20)21)5-9(12)7-22-15/h1-4,8-9,12,15H,5-7H2,(H,20,21). The number of hydrogen-bond acceptors (Lipinski definition) is 4. The van der Waals surface area contributed by atoms with Crippen molar-refractivity contribution >= 4 is 17.8 Å². The minimum absolute atomic E-state index is 0.0803. The highest BCUT2D eigenvalue weighted by molar-refractivity contribution is 6.21.